The number of nitrogens with one attached hydrogen (secondary N) is 1. The van der Waals surface area contributed by atoms with Crippen LogP contribution in [0.25, 0.3) is 0 Å². The Morgan fingerprint density at radius 1 is 1.07 bits per heavy atom. The molecule has 1 saturated heterocycles. The van der Waals surface area contributed by atoms with E-state index >= 15 is 0 Å². The molecule has 3 rings (SSSR count). The van der Waals surface area contributed by atoms with Gasteiger partial charge in [-0.25, -0.2) is 0 Å². The molecule has 0 aromatic heterocycles. The third kappa shape index (κ3) is 5.08. The largest absolute Gasteiger partial charge is 0.493 e. The van der Waals surface area contributed by atoms with Crippen LogP contribution in [0.2, 0.25) is 0 Å². The summed E-state index contributed by atoms with van der Waals surface area (Å²) < 4.78 is 15.6. The van der Waals surface area contributed by atoms with E-state index in [4.69, 9.17) is 14.2 Å². The van der Waals surface area contributed by atoms with Crippen LogP contribution in [0.15, 0.2) is 24.3 Å². The normalized spacial score (nSPS) is 20.5. The van der Waals surface area contributed by atoms with Gasteiger partial charge in [0.1, 0.15) is 13.2 Å². The van der Waals surface area contributed by atoms with Crippen LogP contribution in [-0.4, -0.2) is 62.0 Å². The number of carbonyl (C=O) groups excluding carboxylic acids is 4. The summed E-state index contributed by atoms with van der Waals surface area (Å²) in [4.78, 5) is 49.5. The Kier molecular flexibility index (Phi) is 7.26. The van der Waals surface area contributed by atoms with Gasteiger partial charge in [0.25, 0.3) is 5.91 Å². The highest BCUT2D eigenvalue weighted by Gasteiger charge is 2.48. The average Bonchev–Trinajstić information content (AvgIpc) is 3.00. The molecule has 9 nitrogen and oxygen atoms in total. The van der Waals surface area contributed by atoms with Crippen LogP contribution in [0.5, 0.6) is 11.5 Å². The number of likely N-dealkylation sites (tertiary alicyclic amines) is 1. The Bertz CT molecular complexity index is 786. The summed E-state index contributed by atoms with van der Waals surface area (Å²) in [6.07, 6.45) is 3.19. The average molecular weight is 418 g/mol. The molecule has 1 heterocycles. The molecule has 1 aromatic rings. The number of hydrogen-bond acceptors (Lipinski definition) is 7. The summed E-state index contributed by atoms with van der Waals surface area (Å²) in [7, 11) is 1.54. The van der Waals surface area contributed by atoms with Crippen molar-refractivity contribution in [3.63, 3.8) is 0 Å². The van der Waals surface area contributed by atoms with Gasteiger partial charge in [0.05, 0.1) is 25.5 Å². The number of esters is 1. The molecule has 0 radical (unpaired) electrons. The van der Waals surface area contributed by atoms with Crippen LogP contribution in [0.4, 0.5) is 0 Å². The summed E-state index contributed by atoms with van der Waals surface area (Å²) in [5, 5.41) is 2.57. The maximum absolute atomic E-state index is 12.4. The van der Waals surface area contributed by atoms with Gasteiger partial charge >= 0.3 is 5.97 Å². The van der Waals surface area contributed by atoms with Crippen molar-refractivity contribution in [3.8, 4) is 11.5 Å². The predicted molar refractivity (Wildman–Crippen MR) is 105 cm³/mol. The molecular formula is C21H26N2O7. The number of amides is 3. The van der Waals surface area contributed by atoms with E-state index in [2.05, 4.69) is 5.32 Å². The van der Waals surface area contributed by atoms with Gasteiger partial charge in [0.2, 0.25) is 11.8 Å². The van der Waals surface area contributed by atoms with E-state index in [0.717, 1.165) is 17.7 Å². The molecule has 0 bridgehead atoms. The lowest BCUT2D eigenvalue weighted by atomic mass is 9.81. The van der Waals surface area contributed by atoms with Gasteiger partial charge in [-0.15, -0.1) is 0 Å². The van der Waals surface area contributed by atoms with Gasteiger partial charge in [-0.05, 0) is 25.0 Å². The number of carbonyl (C=O) groups is 4. The van der Waals surface area contributed by atoms with E-state index in [1.807, 2.05) is 6.07 Å². The highest BCUT2D eigenvalue weighted by atomic mass is 16.5. The zero-order chi connectivity index (χ0) is 21.5. The molecule has 1 aliphatic carbocycles. The van der Waals surface area contributed by atoms with Crippen molar-refractivity contribution >= 4 is 23.7 Å². The smallest absolute Gasteiger partial charge is 0.326 e. The van der Waals surface area contributed by atoms with E-state index in [9.17, 15) is 19.2 Å². The number of para-hydroxylation sites is 2. The number of imide groups is 1. The fraction of sp³-hybridized carbons (Fsp3) is 0.524. The lowest BCUT2D eigenvalue weighted by Gasteiger charge is -2.19. The third-order valence-corrected chi connectivity index (χ3v) is 5.33. The molecule has 1 aliphatic heterocycles. The van der Waals surface area contributed by atoms with Crippen LogP contribution >= 0.6 is 0 Å². The first-order chi connectivity index (χ1) is 14.5. The number of rotatable bonds is 9. The summed E-state index contributed by atoms with van der Waals surface area (Å²) in [5.74, 6) is -1.38. The fourth-order valence-electron chi connectivity index (χ4n) is 3.85. The molecule has 2 fully saturated rings. The molecule has 1 aromatic carbocycles. The predicted octanol–water partition coefficient (Wildman–Crippen LogP) is 0.909. The number of hydrogen-bond donors (Lipinski definition) is 1. The van der Waals surface area contributed by atoms with Gasteiger partial charge < -0.3 is 19.5 Å². The Hall–Kier alpha value is -3.10. The molecular weight excluding hydrogens is 392 g/mol. The van der Waals surface area contributed by atoms with Crippen molar-refractivity contribution in [2.75, 3.05) is 33.4 Å². The molecule has 9 heteroatoms. The van der Waals surface area contributed by atoms with Crippen LogP contribution in [0.3, 0.4) is 0 Å². The minimum Gasteiger partial charge on any atom is -0.493 e. The summed E-state index contributed by atoms with van der Waals surface area (Å²) in [5.41, 5.74) is 0. The lowest BCUT2D eigenvalue weighted by Crippen LogP contribution is -2.38. The topological polar surface area (TPSA) is 111 Å². The van der Waals surface area contributed by atoms with Gasteiger partial charge in [-0.1, -0.05) is 25.0 Å². The minimum absolute atomic E-state index is 0.208. The van der Waals surface area contributed by atoms with Crippen molar-refractivity contribution in [1.82, 2.24) is 10.2 Å². The maximum atomic E-state index is 12.4. The molecule has 162 valence electrons. The summed E-state index contributed by atoms with van der Waals surface area (Å²) in [6.45, 7) is -0.522. The molecule has 0 unspecified atom stereocenters. The van der Waals surface area contributed by atoms with Crippen LogP contribution in [0, 0.1) is 11.8 Å². The first-order valence-electron chi connectivity index (χ1n) is 10.0. The molecule has 30 heavy (non-hydrogen) atoms. The van der Waals surface area contributed by atoms with Gasteiger partial charge in [0.15, 0.2) is 18.1 Å². The van der Waals surface area contributed by atoms with E-state index in [1.54, 1.807) is 18.2 Å². The van der Waals surface area contributed by atoms with E-state index in [-0.39, 0.29) is 36.8 Å². The number of benzene rings is 1. The minimum atomic E-state index is -0.782. The number of nitrogens with zero attached hydrogens (tertiary/aromatic N) is 1. The van der Waals surface area contributed by atoms with Crippen molar-refractivity contribution in [3.05, 3.63) is 24.3 Å². The van der Waals surface area contributed by atoms with Gasteiger partial charge in [0, 0.05) is 0 Å². The molecule has 2 aliphatic rings. The zero-order valence-electron chi connectivity index (χ0n) is 16.9. The number of methoxy groups -OCH3 is 1. The standard InChI is InChI=1S/C21H26N2O7/c1-28-16-8-4-5-9-17(16)29-11-10-22-18(24)13-30-19(25)12-23-20(26)14-6-2-3-7-15(14)21(23)27/h4-5,8-9,14-15H,2-3,6-7,10-13H2,1H3,(H,22,24)/t14-,15-/m1/s1. The second kappa shape index (κ2) is 10.1. The highest BCUT2D eigenvalue weighted by molar-refractivity contribution is 6.07. The van der Waals surface area contributed by atoms with E-state index < -0.39 is 25.0 Å². The van der Waals surface area contributed by atoms with Gasteiger partial charge in [-0.2, -0.15) is 0 Å². The maximum Gasteiger partial charge on any atom is 0.326 e. The van der Waals surface area contributed by atoms with Crippen molar-refractivity contribution in [1.29, 1.82) is 0 Å². The molecule has 1 N–H and O–H groups in total. The third-order valence-electron chi connectivity index (χ3n) is 5.33. The van der Waals surface area contributed by atoms with E-state index in [1.165, 1.54) is 7.11 Å². The molecule has 1 saturated carbocycles. The molecule has 3 amide bonds. The quantitative estimate of drug-likeness (QED) is 0.360. The molecule has 2 atom stereocenters. The second-order valence-electron chi connectivity index (χ2n) is 7.27. The second-order valence-corrected chi connectivity index (χ2v) is 7.27. The monoisotopic (exact) mass is 418 g/mol. The Morgan fingerprint density at radius 2 is 1.70 bits per heavy atom. The highest BCUT2D eigenvalue weighted by Crippen LogP contribution is 2.37. The first kappa shape index (κ1) is 21.6. The Balaban J connectivity index is 1.35. The van der Waals surface area contributed by atoms with Crippen molar-refractivity contribution < 1.29 is 33.4 Å². The summed E-state index contributed by atoms with van der Waals surface area (Å²) in [6, 6.07) is 7.14. The van der Waals surface area contributed by atoms with Crippen molar-refractivity contribution in [2.24, 2.45) is 11.8 Å². The Morgan fingerprint density at radius 3 is 2.33 bits per heavy atom. The summed E-state index contributed by atoms with van der Waals surface area (Å²) >= 11 is 0. The first-order valence-corrected chi connectivity index (χ1v) is 10.0. The Labute approximate surface area is 174 Å². The van der Waals surface area contributed by atoms with Crippen LogP contribution < -0.4 is 14.8 Å². The SMILES string of the molecule is COc1ccccc1OCCNC(=O)COC(=O)CN1C(=O)[C@@H]2CCCC[C@H]2C1=O. The van der Waals surface area contributed by atoms with Gasteiger partial charge in [-0.3, -0.25) is 24.1 Å². The molecule has 0 spiro atoms. The zero-order valence-corrected chi connectivity index (χ0v) is 16.9. The van der Waals surface area contributed by atoms with Crippen LogP contribution in [0.1, 0.15) is 25.7 Å². The van der Waals surface area contributed by atoms with Crippen molar-refractivity contribution in [2.45, 2.75) is 25.7 Å². The fourth-order valence-corrected chi connectivity index (χ4v) is 3.85. The van der Waals surface area contributed by atoms with Crippen LogP contribution in [-0.2, 0) is 23.9 Å². The lowest BCUT2D eigenvalue weighted by molar-refractivity contribution is -0.154. The van der Waals surface area contributed by atoms with E-state index in [0.29, 0.717) is 24.3 Å². The number of ether oxygens (including phenoxy) is 3. The number of fused-ring (bicyclic) bond motifs is 1.